The van der Waals surface area contributed by atoms with Crippen LogP contribution in [0, 0.1) is 10.1 Å². The number of pyridine rings is 1. The zero-order chi connectivity index (χ0) is 18.0. The second kappa shape index (κ2) is 6.90. The molecule has 128 valence electrons. The van der Waals surface area contributed by atoms with Gasteiger partial charge < -0.3 is 9.30 Å². The Hall–Kier alpha value is -2.93. The molecule has 0 unspecified atom stereocenters. The second-order valence-corrected chi connectivity index (χ2v) is 5.83. The van der Waals surface area contributed by atoms with Crippen LogP contribution in [0.3, 0.4) is 0 Å². The standard InChI is InChI=1S/C17H15ClN4O3/c1-2-20(11-13-10-19-16-5-3-4-8-21(13)16)17(23)14-9-12(22(24)25)6-7-15(14)18/h3-10H,2,11H2,1H3. The van der Waals surface area contributed by atoms with Crippen LogP contribution in [0.15, 0.2) is 48.8 Å². The highest BCUT2D eigenvalue weighted by Crippen LogP contribution is 2.24. The highest BCUT2D eigenvalue weighted by atomic mass is 35.5. The van der Waals surface area contributed by atoms with Crippen LogP contribution in [0.5, 0.6) is 0 Å². The topological polar surface area (TPSA) is 80.8 Å². The Morgan fingerprint density at radius 3 is 2.88 bits per heavy atom. The van der Waals surface area contributed by atoms with E-state index in [9.17, 15) is 14.9 Å². The minimum absolute atomic E-state index is 0.117. The third kappa shape index (κ3) is 3.32. The molecular formula is C17H15ClN4O3. The number of nitro benzene ring substituents is 1. The monoisotopic (exact) mass is 358 g/mol. The predicted octanol–water partition coefficient (Wildman–Crippen LogP) is 3.56. The molecule has 0 aliphatic heterocycles. The number of fused-ring (bicyclic) bond motifs is 1. The van der Waals surface area contributed by atoms with Crippen LogP contribution in [0.1, 0.15) is 23.0 Å². The number of hydrogen-bond acceptors (Lipinski definition) is 4. The molecule has 1 amide bonds. The fourth-order valence-corrected chi connectivity index (χ4v) is 2.78. The zero-order valence-electron chi connectivity index (χ0n) is 13.4. The molecule has 2 heterocycles. The number of amides is 1. The van der Waals surface area contributed by atoms with Gasteiger partial charge in [0.1, 0.15) is 5.65 Å². The number of benzene rings is 1. The van der Waals surface area contributed by atoms with E-state index in [1.54, 1.807) is 11.1 Å². The third-order valence-corrected chi connectivity index (χ3v) is 4.24. The maximum absolute atomic E-state index is 12.8. The van der Waals surface area contributed by atoms with Crippen molar-refractivity contribution in [2.24, 2.45) is 0 Å². The van der Waals surface area contributed by atoms with Crippen LogP contribution in [0.4, 0.5) is 5.69 Å². The summed E-state index contributed by atoms with van der Waals surface area (Å²) >= 11 is 6.09. The minimum atomic E-state index is -0.548. The fourth-order valence-electron chi connectivity index (χ4n) is 2.59. The van der Waals surface area contributed by atoms with Crippen LogP contribution < -0.4 is 0 Å². The summed E-state index contributed by atoms with van der Waals surface area (Å²) in [6.45, 7) is 2.59. The van der Waals surface area contributed by atoms with Gasteiger partial charge in [0.15, 0.2) is 0 Å². The normalized spacial score (nSPS) is 10.8. The summed E-state index contributed by atoms with van der Waals surface area (Å²) in [6, 6.07) is 9.50. The number of rotatable bonds is 5. The number of carbonyl (C=O) groups excluding carboxylic acids is 1. The van der Waals surface area contributed by atoms with E-state index >= 15 is 0 Å². The largest absolute Gasteiger partial charge is 0.333 e. The van der Waals surface area contributed by atoms with Crippen molar-refractivity contribution >= 4 is 28.8 Å². The minimum Gasteiger partial charge on any atom is -0.333 e. The van der Waals surface area contributed by atoms with Gasteiger partial charge in [-0.1, -0.05) is 17.7 Å². The predicted molar refractivity (Wildman–Crippen MR) is 93.7 cm³/mol. The molecule has 8 heteroatoms. The van der Waals surface area contributed by atoms with Crippen molar-refractivity contribution < 1.29 is 9.72 Å². The van der Waals surface area contributed by atoms with Crippen LogP contribution in [-0.2, 0) is 6.54 Å². The first-order valence-corrected chi connectivity index (χ1v) is 8.03. The summed E-state index contributed by atoms with van der Waals surface area (Å²) < 4.78 is 1.89. The van der Waals surface area contributed by atoms with E-state index in [0.29, 0.717) is 13.1 Å². The highest BCUT2D eigenvalue weighted by molar-refractivity contribution is 6.33. The van der Waals surface area contributed by atoms with E-state index in [-0.39, 0.29) is 22.2 Å². The van der Waals surface area contributed by atoms with Crippen molar-refractivity contribution in [2.75, 3.05) is 6.54 Å². The van der Waals surface area contributed by atoms with Gasteiger partial charge in [0.25, 0.3) is 11.6 Å². The quantitative estimate of drug-likeness (QED) is 0.516. The summed E-state index contributed by atoms with van der Waals surface area (Å²) in [7, 11) is 0. The van der Waals surface area contributed by atoms with Crippen LogP contribution in [-0.4, -0.2) is 31.7 Å². The van der Waals surface area contributed by atoms with Crippen molar-refractivity contribution in [1.82, 2.24) is 14.3 Å². The van der Waals surface area contributed by atoms with E-state index < -0.39 is 4.92 Å². The third-order valence-electron chi connectivity index (χ3n) is 3.91. The maximum atomic E-state index is 12.8. The van der Waals surface area contributed by atoms with E-state index in [2.05, 4.69) is 4.98 Å². The van der Waals surface area contributed by atoms with Gasteiger partial charge in [-0.3, -0.25) is 14.9 Å². The molecule has 7 nitrogen and oxygen atoms in total. The van der Waals surface area contributed by atoms with Crippen molar-refractivity contribution in [3.63, 3.8) is 0 Å². The fraction of sp³-hybridized carbons (Fsp3) is 0.176. The van der Waals surface area contributed by atoms with Crippen molar-refractivity contribution in [2.45, 2.75) is 13.5 Å². The molecule has 0 fully saturated rings. The molecule has 0 saturated heterocycles. The molecule has 3 aromatic rings. The number of imidazole rings is 1. The Kier molecular flexibility index (Phi) is 4.67. The highest BCUT2D eigenvalue weighted by Gasteiger charge is 2.21. The first-order valence-electron chi connectivity index (χ1n) is 7.65. The Labute approximate surface area is 148 Å². The molecule has 0 atom stereocenters. The molecule has 0 N–H and O–H groups in total. The Morgan fingerprint density at radius 1 is 1.36 bits per heavy atom. The first kappa shape index (κ1) is 16.9. The summed E-state index contributed by atoms with van der Waals surface area (Å²) in [6.07, 6.45) is 3.58. The molecule has 25 heavy (non-hydrogen) atoms. The van der Waals surface area contributed by atoms with E-state index in [4.69, 9.17) is 11.6 Å². The summed E-state index contributed by atoms with van der Waals surface area (Å²) in [5.74, 6) is -0.359. The molecule has 0 spiro atoms. The van der Waals surface area contributed by atoms with Crippen LogP contribution in [0.25, 0.3) is 5.65 Å². The van der Waals surface area contributed by atoms with E-state index in [1.807, 2.05) is 35.7 Å². The van der Waals surface area contributed by atoms with Gasteiger partial charge in [0, 0.05) is 24.9 Å². The lowest BCUT2D eigenvalue weighted by atomic mass is 10.1. The van der Waals surface area contributed by atoms with Gasteiger partial charge in [-0.25, -0.2) is 4.98 Å². The molecule has 0 saturated carbocycles. The summed E-state index contributed by atoms with van der Waals surface area (Å²) in [4.78, 5) is 29.1. The lowest BCUT2D eigenvalue weighted by molar-refractivity contribution is -0.384. The summed E-state index contributed by atoms with van der Waals surface area (Å²) in [5, 5.41) is 11.1. The number of carbonyl (C=O) groups is 1. The van der Waals surface area contributed by atoms with Gasteiger partial charge in [0.05, 0.1) is 33.9 Å². The van der Waals surface area contributed by atoms with Gasteiger partial charge in [-0.05, 0) is 25.1 Å². The lowest BCUT2D eigenvalue weighted by Crippen LogP contribution is -2.31. The molecule has 0 bridgehead atoms. The number of hydrogen-bond donors (Lipinski definition) is 0. The molecule has 2 aromatic heterocycles. The van der Waals surface area contributed by atoms with Crippen LogP contribution in [0.2, 0.25) is 5.02 Å². The number of aromatic nitrogens is 2. The zero-order valence-corrected chi connectivity index (χ0v) is 14.2. The van der Waals surface area contributed by atoms with E-state index in [0.717, 1.165) is 11.3 Å². The number of non-ortho nitro benzene ring substituents is 1. The molecular weight excluding hydrogens is 344 g/mol. The van der Waals surface area contributed by atoms with E-state index in [1.165, 1.54) is 18.2 Å². The number of nitrogens with zero attached hydrogens (tertiary/aromatic N) is 4. The Balaban J connectivity index is 1.92. The first-order chi connectivity index (χ1) is 12.0. The average Bonchev–Trinajstić information content (AvgIpc) is 3.02. The van der Waals surface area contributed by atoms with Gasteiger partial charge in [0.2, 0.25) is 0 Å². The van der Waals surface area contributed by atoms with Crippen LogP contribution >= 0.6 is 11.6 Å². The Morgan fingerprint density at radius 2 is 2.16 bits per heavy atom. The molecule has 1 aromatic carbocycles. The molecule has 3 rings (SSSR count). The maximum Gasteiger partial charge on any atom is 0.270 e. The van der Waals surface area contributed by atoms with Gasteiger partial charge in [-0.15, -0.1) is 0 Å². The second-order valence-electron chi connectivity index (χ2n) is 5.42. The molecule has 0 aliphatic carbocycles. The van der Waals surface area contributed by atoms with Crippen molar-refractivity contribution in [3.05, 3.63) is 75.2 Å². The SMILES string of the molecule is CCN(Cc1cnc2ccccn12)C(=O)c1cc([N+](=O)[O-])ccc1Cl. The smallest absolute Gasteiger partial charge is 0.270 e. The molecule has 0 aliphatic rings. The van der Waals surface area contributed by atoms with Gasteiger partial charge >= 0.3 is 0 Å². The number of nitro groups is 1. The lowest BCUT2D eigenvalue weighted by Gasteiger charge is -2.21. The molecule has 0 radical (unpaired) electrons. The van der Waals surface area contributed by atoms with Gasteiger partial charge in [-0.2, -0.15) is 0 Å². The van der Waals surface area contributed by atoms with Crippen molar-refractivity contribution in [3.8, 4) is 0 Å². The average molecular weight is 359 g/mol. The number of halogens is 1. The Bertz CT molecular complexity index is 954. The van der Waals surface area contributed by atoms with Crippen molar-refractivity contribution in [1.29, 1.82) is 0 Å². The summed E-state index contributed by atoms with van der Waals surface area (Å²) in [5.41, 5.74) is 1.58.